The molecular weight excluding hydrogens is 248 g/mol. The predicted molar refractivity (Wildman–Crippen MR) is 82.1 cm³/mol. The fourth-order valence-electron chi connectivity index (χ4n) is 3.69. The lowest BCUT2D eigenvalue weighted by molar-refractivity contribution is -0.920. The fourth-order valence-corrected chi connectivity index (χ4v) is 3.69. The third-order valence-corrected chi connectivity index (χ3v) is 5.17. The molecular formula is C17H27N2O+. The van der Waals surface area contributed by atoms with Gasteiger partial charge in [0.15, 0.2) is 0 Å². The minimum absolute atomic E-state index is 0.951. The molecule has 0 amide bonds. The van der Waals surface area contributed by atoms with Crippen LogP contribution in [0, 0.1) is 0 Å². The lowest BCUT2D eigenvalue weighted by atomic mass is 10.1. The Hall–Kier alpha value is -1.06. The number of piperazine rings is 1. The van der Waals surface area contributed by atoms with Gasteiger partial charge in [0.2, 0.25) is 0 Å². The predicted octanol–water partition coefficient (Wildman–Crippen LogP) is 2.16. The first-order valence-corrected chi connectivity index (χ1v) is 8.00. The van der Waals surface area contributed by atoms with Crippen LogP contribution in [-0.4, -0.2) is 62.3 Å². The van der Waals surface area contributed by atoms with E-state index in [2.05, 4.69) is 29.2 Å². The first-order chi connectivity index (χ1) is 9.80. The Labute approximate surface area is 122 Å². The van der Waals surface area contributed by atoms with Gasteiger partial charge in [-0.05, 0) is 24.1 Å². The van der Waals surface area contributed by atoms with Gasteiger partial charge in [0.05, 0.1) is 33.3 Å². The van der Waals surface area contributed by atoms with E-state index in [-0.39, 0.29) is 0 Å². The highest BCUT2D eigenvalue weighted by Gasteiger charge is 2.35. The SMILES string of the molecule is COc1ccc(CCN2CC[N+]3(CCCC3)CC2)cc1. The number of hydrogen-bond acceptors (Lipinski definition) is 2. The van der Waals surface area contributed by atoms with Crippen LogP contribution in [0.2, 0.25) is 0 Å². The monoisotopic (exact) mass is 275 g/mol. The molecule has 2 aliphatic rings. The van der Waals surface area contributed by atoms with E-state index >= 15 is 0 Å². The van der Waals surface area contributed by atoms with Crippen LogP contribution in [-0.2, 0) is 6.42 Å². The van der Waals surface area contributed by atoms with Gasteiger partial charge < -0.3 is 9.22 Å². The fraction of sp³-hybridized carbons (Fsp3) is 0.647. The molecule has 1 aromatic carbocycles. The van der Waals surface area contributed by atoms with Crippen molar-refractivity contribution in [2.75, 3.05) is 52.9 Å². The molecule has 0 N–H and O–H groups in total. The van der Waals surface area contributed by atoms with Crippen molar-refractivity contribution in [1.82, 2.24) is 4.90 Å². The van der Waals surface area contributed by atoms with Crippen LogP contribution in [0.15, 0.2) is 24.3 Å². The van der Waals surface area contributed by atoms with Crippen molar-refractivity contribution in [1.29, 1.82) is 0 Å². The van der Waals surface area contributed by atoms with Gasteiger partial charge >= 0.3 is 0 Å². The highest BCUT2D eigenvalue weighted by atomic mass is 16.5. The summed E-state index contributed by atoms with van der Waals surface area (Å²) in [6, 6.07) is 8.51. The summed E-state index contributed by atoms with van der Waals surface area (Å²) in [5.41, 5.74) is 1.42. The van der Waals surface area contributed by atoms with Gasteiger partial charge in [-0.1, -0.05) is 12.1 Å². The van der Waals surface area contributed by atoms with Crippen molar-refractivity contribution in [3.05, 3.63) is 29.8 Å². The van der Waals surface area contributed by atoms with Gasteiger partial charge in [-0.2, -0.15) is 0 Å². The van der Waals surface area contributed by atoms with Crippen LogP contribution in [0.25, 0.3) is 0 Å². The zero-order chi connectivity index (χ0) is 13.8. The second-order valence-electron chi connectivity index (χ2n) is 6.38. The number of hydrogen-bond donors (Lipinski definition) is 0. The molecule has 0 aliphatic carbocycles. The summed E-state index contributed by atoms with van der Waals surface area (Å²) in [4.78, 5) is 2.64. The molecule has 20 heavy (non-hydrogen) atoms. The molecule has 2 fully saturated rings. The van der Waals surface area contributed by atoms with Crippen molar-refractivity contribution in [2.24, 2.45) is 0 Å². The van der Waals surface area contributed by atoms with Crippen LogP contribution >= 0.6 is 0 Å². The maximum Gasteiger partial charge on any atom is 0.118 e. The van der Waals surface area contributed by atoms with Gasteiger partial charge in [-0.3, -0.25) is 4.90 Å². The molecule has 3 rings (SSSR count). The Kier molecular flexibility index (Phi) is 4.27. The van der Waals surface area contributed by atoms with Crippen molar-refractivity contribution in [3.63, 3.8) is 0 Å². The molecule has 3 heteroatoms. The molecule has 0 aromatic heterocycles. The highest BCUT2D eigenvalue weighted by Crippen LogP contribution is 2.22. The highest BCUT2D eigenvalue weighted by molar-refractivity contribution is 5.27. The molecule has 3 nitrogen and oxygen atoms in total. The minimum Gasteiger partial charge on any atom is -0.497 e. The number of methoxy groups -OCH3 is 1. The van der Waals surface area contributed by atoms with E-state index in [4.69, 9.17) is 4.74 Å². The summed E-state index contributed by atoms with van der Waals surface area (Å²) < 4.78 is 6.62. The zero-order valence-electron chi connectivity index (χ0n) is 12.7. The quantitative estimate of drug-likeness (QED) is 0.781. The first-order valence-electron chi connectivity index (χ1n) is 8.00. The Morgan fingerprint density at radius 2 is 1.65 bits per heavy atom. The van der Waals surface area contributed by atoms with E-state index in [0.29, 0.717) is 0 Å². The number of benzene rings is 1. The summed E-state index contributed by atoms with van der Waals surface area (Å²) in [5, 5.41) is 0. The normalized spacial score (nSPS) is 22.2. The zero-order valence-corrected chi connectivity index (χ0v) is 12.7. The van der Waals surface area contributed by atoms with Crippen LogP contribution in [0.4, 0.5) is 0 Å². The summed E-state index contributed by atoms with van der Waals surface area (Å²) in [7, 11) is 1.72. The van der Waals surface area contributed by atoms with E-state index in [9.17, 15) is 0 Å². The van der Waals surface area contributed by atoms with Crippen LogP contribution in [0.1, 0.15) is 18.4 Å². The maximum absolute atomic E-state index is 5.20. The van der Waals surface area contributed by atoms with Crippen molar-refractivity contribution in [3.8, 4) is 5.75 Å². The molecule has 0 atom stereocenters. The van der Waals surface area contributed by atoms with E-state index in [1.807, 2.05) is 0 Å². The number of rotatable bonds is 4. The molecule has 0 bridgehead atoms. The summed E-state index contributed by atoms with van der Waals surface area (Å²) in [6.45, 7) is 9.41. The second kappa shape index (κ2) is 6.15. The Bertz CT molecular complexity index is 413. The lowest BCUT2D eigenvalue weighted by Gasteiger charge is -2.42. The topological polar surface area (TPSA) is 12.5 Å². The summed E-state index contributed by atoms with van der Waals surface area (Å²) >= 11 is 0. The largest absolute Gasteiger partial charge is 0.497 e. The molecule has 0 radical (unpaired) electrons. The van der Waals surface area contributed by atoms with Crippen LogP contribution in [0.3, 0.4) is 0 Å². The van der Waals surface area contributed by atoms with Crippen molar-refractivity contribution in [2.45, 2.75) is 19.3 Å². The Balaban J connectivity index is 1.45. The average molecular weight is 275 g/mol. The number of ether oxygens (including phenoxy) is 1. The van der Waals surface area contributed by atoms with Crippen LogP contribution < -0.4 is 4.74 Å². The number of nitrogens with zero attached hydrogens (tertiary/aromatic N) is 2. The maximum atomic E-state index is 5.20. The molecule has 0 saturated carbocycles. The molecule has 2 saturated heterocycles. The standard InChI is InChI=1S/C17H27N2O/c1-20-17-6-4-16(5-7-17)8-9-18-10-14-19(15-11-18)12-2-3-13-19/h4-7H,2-3,8-15H2,1H3/q+1. The Morgan fingerprint density at radius 1 is 1.00 bits per heavy atom. The van der Waals surface area contributed by atoms with E-state index in [1.54, 1.807) is 7.11 Å². The molecule has 0 unspecified atom stereocenters. The minimum atomic E-state index is 0.951. The van der Waals surface area contributed by atoms with E-state index in [1.165, 1.54) is 68.7 Å². The van der Waals surface area contributed by atoms with Gasteiger partial charge in [-0.25, -0.2) is 0 Å². The third-order valence-electron chi connectivity index (χ3n) is 5.17. The second-order valence-corrected chi connectivity index (χ2v) is 6.38. The molecule has 2 heterocycles. The summed E-state index contributed by atoms with van der Waals surface area (Å²) in [6.07, 6.45) is 4.06. The van der Waals surface area contributed by atoms with Gasteiger partial charge in [0.1, 0.15) is 5.75 Å². The number of quaternary nitrogens is 1. The van der Waals surface area contributed by atoms with Crippen LogP contribution in [0.5, 0.6) is 5.75 Å². The molecule has 2 aliphatic heterocycles. The van der Waals surface area contributed by atoms with Gasteiger partial charge in [-0.15, -0.1) is 0 Å². The van der Waals surface area contributed by atoms with Gasteiger partial charge in [0.25, 0.3) is 0 Å². The third kappa shape index (κ3) is 3.15. The first kappa shape index (κ1) is 13.9. The van der Waals surface area contributed by atoms with E-state index < -0.39 is 0 Å². The summed E-state index contributed by atoms with van der Waals surface area (Å²) in [5.74, 6) is 0.951. The Morgan fingerprint density at radius 3 is 2.25 bits per heavy atom. The smallest absolute Gasteiger partial charge is 0.118 e. The van der Waals surface area contributed by atoms with Crippen molar-refractivity contribution < 1.29 is 9.22 Å². The molecule has 110 valence electrons. The average Bonchev–Trinajstić information content (AvgIpc) is 2.96. The van der Waals surface area contributed by atoms with Gasteiger partial charge in [0, 0.05) is 32.5 Å². The molecule has 1 aromatic rings. The van der Waals surface area contributed by atoms with E-state index in [0.717, 1.165) is 12.2 Å². The van der Waals surface area contributed by atoms with Crippen molar-refractivity contribution >= 4 is 0 Å². The lowest BCUT2D eigenvalue weighted by Crippen LogP contribution is -2.58. The molecule has 1 spiro atoms.